The van der Waals surface area contributed by atoms with E-state index in [1.807, 2.05) is 25.1 Å². The summed E-state index contributed by atoms with van der Waals surface area (Å²) in [7, 11) is 1.59. The van der Waals surface area contributed by atoms with Gasteiger partial charge >= 0.3 is 0 Å². The summed E-state index contributed by atoms with van der Waals surface area (Å²) in [5, 5.41) is 2.53. The molecule has 0 aliphatic carbocycles. The molecule has 0 unspecified atom stereocenters. The number of carbonyl (C=O) groups excluding carboxylic acids is 1. The van der Waals surface area contributed by atoms with Crippen LogP contribution in [0.2, 0.25) is 0 Å². The minimum absolute atomic E-state index is 0.153. The highest BCUT2D eigenvalue weighted by Gasteiger charge is 2.02. The van der Waals surface area contributed by atoms with Crippen LogP contribution in [0.15, 0.2) is 28.7 Å². The molecule has 4 nitrogen and oxygen atoms in total. The fourth-order valence-electron chi connectivity index (χ4n) is 1.38. The second-order valence-corrected chi connectivity index (χ2v) is 4.59. The number of ether oxygens (including phenoxy) is 2. The van der Waals surface area contributed by atoms with Gasteiger partial charge in [0.15, 0.2) is 0 Å². The lowest BCUT2D eigenvalue weighted by molar-refractivity contribution is -0.115. The summed E-state index contributed by atoms with van der Waals surface area (Å²) < 4.78 is 11.8. The van der Waals surface area contributed by atoms with Crippen LogP contribution in [-0.4, -0.2) is 32.8 Å². The molecule has 0 fully saturated rings. The molecule has 1 N–H and O–H groups in total. The first kappa shape index (κ1) is 15.7. The standard InChI is InChI=1S/C14H18BrNO3/c1-3-18-8-9-19-13-6-5-12(15)10-11(13)4-7-14(17)16-2/h4-7,10H,3,8-9H2,1-2H3,(H,16,17)/b7-4+. The van der Waals surface area contributed by atoms with Gasteiger partial charge < -0.3 is 14.8 Å². The Balaban J connectivity index is 2.74. The van der Waals surface area contributed by atoms with Crippen molar-refractivity contribution >= 4 is 27.9 Å². The van der Waals surface area contributed by atoms with E-state index in [2.05, 4.69) is 21.2 Å². The predicted octanol–water partition coefficient (Wildman–Crippen LogP) is 2.62. The van der Waals surface area contributed by atoms with Crippen LogP contribution in [0.25, 0.3) is 6.08 Å². The Morgan fingerprint density at radius 3 is 2.89 bits per heavy atom. The number of likely N-dealkylation sites (N-methyl/N-ethyl adjacent to an activating group) is 1. The Hall–Kier alpha value is -1.33. The molecular formula is C14H18BrNO3. The lowest BCUT2D eigenvalue weighted by Crippen LogP contribution is -2.13. The summed E-state index contributed by atoms with van der Waals surface area (Å²) in [4.78, 5) is 11.2. The van der Waals surface area contributed by atoms with Gasteiger partial charge in [0.05, 0.1) is 6.61 Å². The molecule has 0 radical (unpaired) electrons. The predicted molar refractivity (Wildman–Crippen MR) is 79.2 cm³/mol. The van der Waals surface area contributed by atoms with E-state index in [1.165, 1.54) is 6.08 Å². The fraction of sp³-hybridized carbons (Fsp3) is 0.357. The molecule has 0 heterocycles. The number of nitrogens with one attached hydrogen (secondary N) is 1. The molecule has 19 heavy (non-hydrogen) atoms. The molecule has 1 rings (SSSR count). The third-order valence-electron chi connectivity index (χ3n) is 2.32. The van der Waals surface area contributed by atoms with Crippen molar-refractivity contribution in [3.63, 3.8) is 0 Å². The fourth-order valence-corrected chi connectivity index (χ4v) is 1.76. The zero-order chi connectivity index (χ0) is 14.1. The van der Waals surface area contributed by atoms with E-state index in [-0.39, 0.29) is 5.91 Å². The van der Waals surface area contributed by atoms with Crippen LogP contribution in [0.5, 0.6) is 5.75 Å². The van der Waals surface area contributed by atoms with Crippen molar-refractivity contribution in [1.29, 1.82) is 0 Å². The molecule has 1 amide bonds. The summed E-state index contributed by atoms with van der Waals surface area (Å²) in [6.07, 6.45) is 3.19. The maximum atomic E-state index is 11.2. The first-order valence-corrected chi connectivity index (χ1v) is 6.86. The van der Waals surface area contributed by atoms with Gasteiger partial charge in [-0.3, -0.25) is 4.79 Å². The highest BCUT2D eigenvalue weighted by atomic mass is 79.9. The molecule has 5 heteroatoms. The number of rotatable bonds is 7. The maximum Gasteiger partial charge on any atom is 0.243 e. The molecule has 1 aromatic rings. The maximum absolute atomic E-state index is 11.2. The van der Waals surface area contributed by atoms with Crippen molar-refractivity contribution in [2.24, 2.45) is 0 Å². The van der Waals surface area contributed by atoms with Gasteiger partial charge in [0.2, 0.25) is 5.91 Å². The van der Waals surface area contributed by atoms with Crippen molar-refractivity contribution < 1.29 is 14.3 Å². The highest BCUT2D eigenvalue weighted by molar-refractivity contribution is 9.10. The van der Waals surface area contributed by atoms with Gasteiger partial charge in [0.25, 0.3) is 0 Å². The van der Waals surface area contributed by atoms with Crippen molar-refractivity contribution in [3.05, 3.63) is 34.3 Å². The molecular weight excluding hydrogens is 310 g/mol. The Bertz CT molecular complexity index is 446. The minimum Gasteiger partial charge on any atom is -0.491 e. The Kier molecular flexibility index (Phi) is 7.22. The lowest BCUT2D eigenvalue weighted by Gasteiger charge is -2.09. The SMILES string of the molecule is CCOCCOc1ccc(Br)cc1/C=C/C(=O)NC. The first-order valence-electron chi connectivity index (χ1n) is 6.07. The van der Waals surface area contributed by atoms with Gasteiger partial charge in [-0.25, -0.2) is 0 Å². The monoisotopic (exact) mass is 327 g/mol. The van der Waals surface area contributed by atoms with Crippen LogP contribution in [0.4, 0.5) is 0 Å². The van der Waals surface area contributed by atoms with Crippen LogP contribution >= 0.6 is 15.9 Å². The van der Waals surface area contributed by atoms with Gasteiger partial charge in [0.1, 0.15) is 12.4 Å². The zero-order valence-electron chi connectivity index (χ0n) is 11.1. The van der Waals surface area contributed by atoms with Gasteiger partial charge in [-0.05, 0) is 31.2 Å². The molecule has 0 spiro atoms. The number of amides is 1. The smallest absolute Gasteiger partial charge is 0.243 e. The van der Waals surface area contributed by atoms with Gasteiger partial charge in [0, 0.05) is 29.8 Å². The minimum atomic E-state index is -0.153. The number of hydrogen-bond donors (Lipinski definition) is 1. The number of hydrogen-bond acceptors (Lipinski definition) is 3. The highest BCUT2D eigenvalue weighted by Crippen LogP contribution is 2.24. The molecule has 0 aromatic heterocycles. The molecule has 0 saturated heterocycles. The van der Waals surface area contributed by atoms with Crippen LogP contribution in [0.3, 0.4) is 0 Å². The summed E-state index contributed by atoms with van der Waals surface area (Å²) in [6.45, 7) is 3.64. The lowest BCUT2D eigenvalue weighted by atomic mass is 10.2. The number of halogens is 1. The number of benzene rings is 1. The van der Waals surface area contributed by atoms with E-state index in [0.29, 0.717) is 19.8 Å². The zero-order valence-corrected chi connectivity index (χ0v) is 12.7. The third-order valence-corrected chi connectivity index (χ3v) is 2.82. The molecule has 0 bridgehead atoms. The van der Waals surface area contributed by atoms with Crippen molar-refractivity contribution in [2.75, 3.05) is 26.9 Å². The summed E-state index contributed by atoms with van der Waals surface area (Å²) >= 11 is 3.40. The van der Waals surface area contributed by atoms with Crippen molar-refractivity contribution in [2.45, 2.75) is 6.92 Å². The van der Waals surface area contributed by atoms with E-state index in [9.17, 15) is 4.79 Å². The van der Waals surface area contributed by atoms with E-state index in [0.717, 1.165) is 15.8 Å². The third kappa shape index (κ3) is 5.89. The van der Waals surface area contributed by atoms with Gasteiger partial charge in [-0.15, -0.1) is 0 Å². The molecule has 0 aliphatic rings. The van der Waals surface area contributed by atoms with Crippen molar-refractivity contribution in [3.8, 4) is 5.75 Å². The normalized spacial score (nSPS) is 10.7. The molecule has 1 aromatic carbocycles. The average Bonchev–Trinajstić information content (AvgIpc) is 2.42. The van der Waals surface area contributed by atoms with E-state index in [1.54, 1.807) is 13.1 Å². The van der Waals surface area contributed by atoms with Crippen molar-refractivity contribution in [1.82, 2.24) is 5.32 Å². The summed E-state index contributed by atoms with van der Waals surface area (Å²) in [5.41, 5.74) is 0.842. The molecule has 104 valence electrons. The Labute approximate surface area is 121 Å². The van der Waals surface area contributed by atoms with Crippen LogP contribution in [-0.2, 0) is 9.53 Å². The molecule has 0 aliphatic heterocycles. The number of carbonyl (C=O) groups is 1. The van der Waals surface area contributed by atoms with Gasteiger partial charge in [-0.2, -0.15) is 0 Å². The van der Waals surface area contributed by atoms with Gasteiger partial charge in [-0.1, -0.05) is 15.9 Å². The first-order chi connectivity index (χ1) is 9.17. The van der Waals surface area contributed by atoms with Crippen LogP contribution < -0.4 is 10.1 Å². The quantitative estimate of drug-likeness (QED) is 0.618. The van der Waals surface area contributed by atoms with Crippen LogP contribution in [0, 0.1) is 0 Å². The topological polar surface area (TPSA) is 47.6 Å². The van der Waals surface area contributed by atoms with Crippen LogP contribution in [0.1, 0.15) is 12.5 Å². The Morgan fingerprint density at radius 1 is 1.42 bits per heavy atom. The largest absolute Gasteiger partial charge is 0.491 e. The van der Waals surface area contributed by atoms with E-state index < -0.39 is 0 Å². The summed E-state index contributed by atoms with van der Waals surface area (Å²) in [6, 6.07) is 5.66. The molecule has 0 atom stereocenters. The van der Waals surface area contributed by atoms with E-state index in [4.69, 9.17) is 9.47 Å². The second-order valence-electron chi connectivity index (χ2n) is 3.68. The average molecular weight is 328 g/mol. The Morgan fingerprint density at radius 2 is 2.21 bits per heavy atom. The summed E-state index contributed by atoms with van der Waals surface area (Å²) in [5.74, 6) is 0.572. The van der Waals surface area contributed by atoms with E-state index >= 15 is 0 Å². The second kappa shape index (κ2) is 8.72. The molecule has 0 saturated carbocycles.